The minimum atomic E-state index is -0.739. The smallest absolute Gasteiger partial charge is 0.306 e. The lowest BCUT2D eigenvalue weighted by Gasteiger charge is -2.16. The van der Waals surface area contributed by atoms with Crippen LogP contribution in [0.15, 0.2) is 24.3 Å². The molecule has 0 spiro atoms. The van der Waals surface area contributed by atoms with Gasteiger partial charge >= 0.3 is 5.97 Å². The van der Waals surface area contributed by atoms with Crippen molar-refractivity contribution in [2.45, 2.75) is 40.2 Å². The van der Waals surface area contributed by atoms with Crippen LogP contribution in [0.25, 0.3) is 10.9 Å². The summed E-state index contributed by atoms with van der Waals surface area (Å²) in [6.07, 6.45) is 0.571. The van der Waals surface area contributed by atoms with Crippen molar-refractivity contribution in [3.05, 3.63) is 35.5 Å². The second kappa shape index (κ2) is 5.08. The Kier molecular flexibility index (Phi) is 3.65. The number of hydrogen-bond donors (Lipinski definition) is 1. The second-order valence-corrected chi connectivity index (χ2v) is 5.61. The molecule has 0 saturated heterocycles. The predicted molar refractivity (Wildman–Crippen MR) is 77.6 cm³/mol. The number of hydrogen-bond acceptors (Lipinski definition) is 1. The lowest BCUT2D eigenvalue weighted by atomic mass is 10.1. The van der Waals surface area contributed by atoms with E-state index >= 15 is 0 Å². The van der Waals surface area contributed by atoms with E-state index in [-0.39, 0.29) is 5.92 Å². The largest absolute Gasteiger partial charge is 0.481 e. The quantitative estimate of drug-likeness (QED) is 0.907. The van der Waals surface area contributed by atoms with E-state index in [9.17, 15) is 4.79 Å². The molecule has 3 heteroatoms. The van der Waals surface area contributed by atoms with Crippen molar-refractivity contribution in [1.82, 2.24) is 4.57 Å². The molecule has 102 valence electrons. The van der Waals surface area contributed by atoms with Crippen LogP contribution in [0.4, 0.5) is 0 Å². The van der Waals surface area contributed by atoms with E-state index in [4.69, 9.17) is 5.11 Å². The molecule has 1 unspecified atom stereocenters. The first-order valence-electron chi connectivity index (χ1n) is 6.73. The molecule has 0 radical (unpaired) electrons. The summed E-state index contributed by atoms with van der Waals surface area (Å²) >= 11 is 0. The molecule has 1 N–H and O–H groups in total. The first kappa shape index (κ1) is 13.7. The lowest BCUT2D eigenvalue weighted by molar-refractivity contribution is -0.141. The van der Waals surface area contributed by atoms with Gasteiger partial charge in [0.25, 0.3) is 0 Å². The van der Waals surface area contributed by atoms with Gasteiger partial charge in [-0.3, -0.25) is 4.79 Å². The van der Waals surface area contributed by atoms with Gasteiger partial charge < -0.3 is 9.67 Å². The molecule has 0 aliphatic carbocycles. The standard InChI is InChI=1S/C16H21NO2/c1-10(2)17-14(8-12(4)16(18)19)9-13-6-5-11(3)7-15(13)17/h5-7,9-10,12H,8H2,1-4H3,(H,18,19). The Labute approximate surface area is 113 Å². The van der Waals surface area contributed by atoms with Crippen molar-refractivity contribution in [2.75, 3.05) is 0 Å². The maximum absolute atomic E-state index is 11.0. The lowest BCUT2D eigenvalue weighted by Crippen LogP contribution is -2.15. The van der Waals surface area contributed by atoms with Crippen LogP contribution in [0.1, 0.15) is 38.1 Å². The Hall–Kier alpha value is -1.77. The van der Waals surface area contributed by atoms with Crippen molar-refractivity contribution in [2.24, 2.45) is 5.92 Å². The van der Waals surface area contributed by atoms with Crippen molar-refractivity contribution in [1.29, 1.82) is 0 Å². The van der Waals surface area contributed by atoms with Crippen LogP contribution >= 0.6 is 0 Å². The summed E-state index contributed by atoms with van der Waals surface area (Å²) in [6.45, 7) is 8.11. The molecule has 1 heterocycles. The molecule has 0 aliphatic heterocycles. The Morgan fingerprint density at radius 1 is 1.26 bits per heavy atom. The molecule has 1 aromatic carbocycles. The summed E-state index contributed by atoms with van der Waals surface area (Å²) in [4.78, 5) is 11.0. The van der Waals surface area contributed by atoms with Gasteiger partial charge in [0, 0.05) is 23.7 Å². The average Bonchev–Trinajstić information content (AvgIpc) is 2.65. The number of rotatable bonds is 4. The zero-order valence-corrected chi connectivity index (χ0v) is 12.0. The van der Waals surface area contributed by atoms with E-state index in [0.717, 1.165) is 5.69 Å². The summed E-state index contributed by atoms with van der Waals surface area (Å²) in [5, 5.41) is 10.3. The van der Waals surface area contributed by atoms with Crippen LogP contribution in [0.2, 0.25) is 0 Å². The van der Waals surface area contributed by atoms with E-state index in [1.807, 2.05) is 0 Å². The monoisotopic (exact) mass is 259 g/mol. The van der Waals surface area contributed by atoms with E-state index in [1.165, 1.54) is 16.5 Å². The van der Waals surface area contributed by atoms with Gasteiger partial charge in [-0.2, -0.15) is 0 Å². The van der Waals surface area contributed by atoms with Crippen LogP contribution in [0.3, 0.4) is 0 Å². The maximum Gasteiger partial charge on any atom is 0.306 e. The number of fused-ring (bicyclic) bond motifs is 1. The first-order chi connectivity index (χ1) is 8.90. The molecule has 1 aromatic heterocycles. The van der Waals surface area contributed by atoms with E-state index in [1.54, 1.807) is 6.92 Å². The van der Waals surface area contributed by atoms with Crippen molar-refractivity contribution < 1.29 is 9.90 Å². The summed E-state index contributed by atoms with van der Waals surface area (Å²) in [6, 6.07) is 8.82. The number of carboxylic acids is 1. The summed E-state index contributed by atoms with van der Waals surface area (Å²) in [5.74, 6) is -1.10. The third kappa shape index (κ3) is 2.65. The third-order valence-electron chi connectivity index (χ3n) is 3.53. The van der Waals surface area contributed by atoms with Gasteiger partial charge in [0.05, 0.1) is 5.92 Å². The SMILES string of the molecule is Cc1ccc2cc(CC(C)C(=O)O)n(C(C)C)c2c1. The number of aliphatic carboxylic acids is 1. The van der Waals surface area contributed by atoms with E-state index in [2.05, 4.69) is 49.6 Å². The number of carbonyl (C=O) groups is 1. The fraction of sp³-hybridized carbons (Fsp3) is 0.438. The first-order valence-corrected chi connectivity index (χ1v) is 6.73. The van der Waals surface area contributed by atoms with Gasteiger partial charge in [0.2, 0.25) is 0 Å². The van der Waals surface area contributed by atoms with Gasteiger partial charge in [-0.05, 0) is 43.9 Å². The molecule has 0 aliphatic rings. The van der Waals surface area contributed by atoms with Gasteiger partial charge in [-0.25, -0.2) is 0 Å². The number of benzene rings is 1. The molecule has 0 bridgehead atoms. The minimum Gasteiger partial charge on any atom is -0.481 e. The molecular formula is C16H21NO2. The highest BCUT2D eigenvalue weighted by Gasteiger charge is 2.17. The molecule has 0 saturated carbocycles. The highest BCUT2D eigenvalue weighted by atomic mass is 16.4. The fourth-order valence-corrected chi connectivity index (χ4v) is 2.56. The zero-order valence-electron chi connectivity index (χ0n) is 12.0. The molecule has 0 fully saturated rings. The topological polar surface area (TPSA) is 42.2 Å². The number of aromatic nitrogens is 1. The average molecular weight is 259 g/mol. The van der Waals surface area contributed by atoms with Crippen LogP contribution in [-0.4, -0.2) is 15.6 Å². The molecule has 2 aromatic rings. The Bertz CT molecular complexity index is 610. The van der Waals surface area contributed by atoms with Crippen LogP contribution in [0, 0.1) is 12.8 Å². The van der Waals surface area contributed by atoms with Crippen LogP contribution in [-0.2, 0) is 11.2 Å². The number of nitrogens with zero attached hydrogens (tertiary/aromatic N) is 1. The number of aryl methyl sites for hydroxylation is 1. The molecular weight excluding hydrogens is 238 g/mol. The second-order valence-electron chi connectivity index (χ2n) is 5.61. The summed E-state index contributed by atoms with van der Waals surface area (Å²) in [5.41, 5.74) is 3.53. The van der Waals surface area contributed by atoms with E-state index < -0.39 is 5.97 Å². The molecule has 19 heavy (non-hydrogen) atoms. The van der Waals surface area contributed by atoms with Gasteiger partial charge in [-0.15, -0.1) is 0 Å². The Balaban J connectivity index is 2.54. The normalized spacial score (nSPS) is 13.1. The summed E-state index contributed by atoms with van der Waals surface area (Å²) in [7, 11) is 0. The fourth-order valence-electron chi connectivity index (χ4n) is 2.56. The highest BCUT2D eigenvalue weighted by molar-refractivity contribution is 5.82. The van der Waals surface area contributed by atoms with Gasteiger partial charge in [0.1, 0.15) is 0 Å². The van der Waals surface area contributed by atoms with Gasteiger partial charge in [-0.1, -0.05) is 19.1 Å². The Morgan fingerprint density at radius 3 is 2.53 bits per heavy atom. The molecule has 3 nitrogen and oxygen atoms in total. The summed E-state index contributed by atoms with van der Waals surface area (Å²) < 4.78 is 2.25. The van der Waals surface area contributed by atoms with Gasteiger partial charge in [0.15, 0.2) is 0 Å². The molecule has 0 amide bonds. The third-order valence-corrected chi connectivity index (χ3v) is 3.53. The van der Waals surface area contributed by atoms with Crippen LogP contribution in [0.5, 0.6) is 0 Å². The zero-order chi connectivity index (χ0) is 14.2. The van der Waals surface area contributed by atoms with E-state index in [0.29, 0.717) is 12.5 Å². The van der Waals surface area contributed by atoms with Crippen molar-refractivity contribution >= 4 is 16.9 Å². The highest BCUT2D eigenvalue weighted by Crippen LogP contribution is 2.26. The minimum absolute atomic E-state index is 0.329. The van der Waals surface area contributed by atoms with Crippen LogP contribution < -0.4 is 0 Å². The Morgan fingerprint density at radius 2 is 1.95 bits per heavy atom. The van der Waals surface area contributed by atoms with Crippen molar-refractivity contribution in [3.8, 4) is 0 Å². The maximum atomic E-state index is 11.0. The molecule has 1 atom stereocenters. The predicted octanol–water partition coefficient (Wildman–Crippen LogP) is 3.79. The number of carboxylic acid groups (broad SMARTS) is 1. The van der Waals surface area contributed by atoms with Crippen molar-refractivity contribution in [3.63, 3.8) is 0 Å². The molecule has 2 rings (SSSR count).